The highest BCUT2D eigenvalue weighted by atomic mass is 32.2. The molecule has 0 bridgehead atoms. The molecular formula is C7H13NOS2. The normalized spacial score (nSPS) is 12.3. The van der Waals surface area contributed by atoms with E-state index in [1.165, 1.54) is 6.92 Å². The van der Waals surface area contributed by atoms with Crippen molar-refractivity contribution in [1.82, 2.24) is 5.32 Å². The molecule has 0 saturated heterocycles. The maximum absolute atomic E-state index is 10.6. The summed E-state index contributed by atoms with van der Waals surface area (Å²) in [5.41, 5.74) is 0. The quantitative estimate of drug-likeness (QED) is 0.675. The van der Waals surface area contributed by atoms with Gasteiger partial charge in [-0.1, -0.05) is 19.1 Å². The van der Waals surface area contributed by atoms with E-state index in [4.69, 9.17) is 12.2 Å². The smallest absolute Gasteiger partial charge is 0.192 e. The van der Waals surface area contributed by atoms with E-state index in [0.29, 0.717) is 10.4 Å². The first-order chi connectivity index (χ1) is 5.06. The Morgan fingerprint density at radius 1 is 1.73 bits per heavy atom. The van der Waals surface area contributed by atoms with Crippen molar-refractivity contribution in [3.05, 3.63) is 0 Å². The van der Waals surface area contributed by atoms with Gasteiger partial charge in [-0.3, -0.25) is 4.79 Å². The summed E-state index contributed by atoms with van der Waals surface area (Å²) < 4.78 is 0.576. The monoisotopic (exact) mass is 191 g/mol. The summed E-state index contributed by atoms with van der Waals surface area (Å²) in [6, 6.07) is 0.356. The van der Waals surface area contributed by atoms with Crippen LogP contribution in [0.5, 0.6) is 0 Å². The first-order valence-electron chi connectivity index (χ1n) is 3.55. The minimum Gasteiger partial charge on any atom is -0.368 e. The molecule has 1 N–H and O–H groups in total. The van der Waals surface area contributed by atoms with Crippen molar-refractivity contribution in [3.8, 4) is 0 Å². The van der Waals surface area contributed by atoms with E-state index in [1.54, 1.807) is 0 Å². The third-order valence-corrected chi connectivity index (χ3v) is 2.17. The maximum atomic E-state index is 10.6. The Morgan fingerprint density at radius 3 is 2.64 bits per heavy atom. The number of rotatable bonds is 2. The standard InChI is InChI=1S/C7H13NOS2/c1-4-5(2)8-7(10)11-6(3)9/h5H,4H2,1-3H3,(H,8,10). The summed E-state index contributed by atoms with van der Waals surface area (Å²) in [7, 11) is 0. The molecule has 11 heavy (non-hydrogen) atoms. The van der Waals surface area contributed by atoms with Crippen LogP contribution in [0.2, 0.25) is 0 Å². The minimum atomic E-state index is 0.0332. The molecule has 4 heteroatoms. The molecule has 1 unspecified atom stereocenters. The fourth-order valence-electron chi connectivity index (χ4n) is 0.463. The first-order valence-corrected chi connectivity index (χ1v) is 4.77. The third kappa shape index (κ3) is 6.31. The number of thiocarbonyl (C=S) groups is 1. The highest BCUT2D eigenvalue weighted by Crippen LogP contribution is 2.04. The molecule has 2 nitrogen and oxygen atoms in total. The number of nitrogens with one attached hydrogen (secondary N) is 1. The summed E-state index contributed by atoms with van der Waals surface area (Å²) in [5.74, 6) is 0. The molecule has 0 heterocycles. The lowest BCUT2D eigenvalue weighted by Gasteiger charge is -2.11. The second-order valence-corrected chi connectivity index (χ2v) is 4.19. The van der Waals surface area contributed by atoms with Gasteiger partial charge in [-0.05, 0) is 25.1 Å². The highest BCUT2D eigenvalue weighted by molar-refractivity contribution is 8.32. The summed E-state index contributed by atoms with van der Waals surface area (Å²) >= 11 is 5.98. The van der Waals surface area contributed by atoms with E-state index in [0.717, 1.165) is 18.2 Å². The van der Waals surface area contributed by atoms with Crippen molar-refractivity contribution >= 4 is 33.4 Å². The van der Waals surface area contributed by atoms with E-state index >= 15 is 0 Å². The average Bonchev–Trinajstić information content (AvgIpc) is 1.85. The van der Waals surface area contributed by atoms with Crippen LogP contribution in [-0.2, 0) is 4.79 Å². The predicted octanol–water partition coefficient (Wildman–Crippen LogP) is 1.94. The Hall–Kier alpha value is -0.0900. The molecule has 1 atom stereocenters. The highest BCUT2D eigenvalue weighted by Gasteiger charge is 2.03. The van der Waals surface area contributed by atoms with Gasteiger partial charge in [-0.15, -0.1) is 0 Å². The van der Waals surface area contributed by atoms with Crippen molar-refractivity contribution in [1.29, 1.82) is 0 Å². The zero-order valence-corrected chi connectivity index (χ0v) is 8.64. The first kappa shape index (κ1) is 10.9. The van der Waals surface area contributed by atoms with Crippen LogP contribution in [-0.4, -0.2) is 15.5 Å². The van der Waals surface area contributed by atoms with Gasteiger partial charge in [0.25, 0.3) is 0 Å². The van der Waals surface area contributed by atoms with E-state index in [2.05, 4.69) is 12.2 Å². The Morgan fingerprint density at radius 2 is 2.27 bits per heavy atom. The van der Waals surface area contributed by atoms with E-state index < -0.39 is 0 Å². The molecule has 0 aliphatic carbocycles. The Balaban J connectivity index is 3.60. The zero-order valence-electron chi connectivity index (χ0n) is 7.01. The topological polar surface area (TPSA) is 29.1 Å². The van der Waals surface area contributed by atoms with Gasteiger partial charge in [0.2, 0.25) is 0 Å². The molecule has 0 spiro atoms. The number of carbonyl (C=O) groups is 1. The molecule has 0 fully saturated rings. The molecular weight excluding hydrogens is 178 g/mol. The summed E-state index contributed by atoms with van der Waals surface area (Å²) in [6.07, 6.45) is 1.01. The van der Waals surface area contributed by atoms with E-state index in [-0.39, 0.29) is 5.12 Å². The molecule has 0 aliphatic heterocycles. The Bertz CT molecular complexity index is 159. The summed E-state index contributed by atoms with van der Waals surface area (Å²) in [5, 5.41) is 3.07. The summed E-state index contributed by atoms with van der Waals surface area (Å²) in [6.45, 7) is 5.61. The molecule has 0 amide bonds. The molecule has 0 aliphatic rings. The number of carbonyl (C=O) groups excluding carboxylic acids is 1. The molecule has 64 valence electrons. The number of hydrogen-bond acceptors (Lipinski definition) is 3. The van der Waals surface area contributed by atoms with Crippen molar-refractivity contribution in [2.45, 2.75) is 33.2 Å². The van der Waals surface area contributed by atoms with Gasteiger partial charge in [0, 0.05) is 13.0 Å². The van der Waals surface area contributed by atoms with E-state index in [9.17, 15) is 4.79 Å². The van der Waals surface area contributed by atoms with Gasteiger partial charge in [-0.2, -0.15) is 0 Å². The second-order valence-electron chi connectivity index (χ2n) is 2.33. The van der Waals surface area contributed by atoms with Crippen LogP contribution < -0.4 is 5.32 Å². The van der Waals surface area contributed by atoms with Crippen LogP contribution in [0.4, 0.5) is 0 Å². The van der Waals surface area contributed by atoms with Crippen molar-refractivity contribution in [3.63, 3.8) is 0 Å². The van der Waals surface area contributed by atoms with Crippen molar-refractivity contribution in [2.75, 3.05) is 0 Å². The lowest BCUT2D eigenvalue weighted by Crippen LogP contribution is -2.28. The predicted molar refractivity (Wildman–Crippen MR) is 53.8 cm³/mol. The van der Waals surface area contributed by atoms with Gasteiger partial charge in [0.15, 0.2) is 5.12 Å². The largest absolute Gasteiger partial charge is 0.368 e. The van der Waals surface area contributed by atoms with Crippen LogP contribution in [0.15, 0.2) is 0 Å². The van der Waals surface area contributed by atoms with Gasteiger partial charge >= 0.3 is 0 Å². The third-order valence-electron chi connectivity index (χ3n) is 1.21. The molecule has 0 aromatic rings. The Labute approximate surface area is 77.1 Å². The SMILES string of the molecule is CCC(C)NC(=S)SC(C)=O. The number of hydrogen-bond donors (Lipinski definition) is 1. The van der Waals surface area contributed by atoms with Crippen LogP contribution in [0.3, 0.4) is 0 Å². The fraction of sp³-hybridized carbons (Fsp3) is 0.714. The molecule has 0 aromatic heterocycles. The van der Waals surface area contributed by atoms with Crippen LogP contribution >= 0.6 is 24.0 Å². The molecule has 0 rings (SSSR count). The van der Waals surface area contributed by atoms with Crippen LogP contribution in [0.25, 0.3) is 0 Å². The van der Waals surface area contributed by atoms with Gasteiger partial charge in [0.05, 0.1) is 0 Å². The molecule has 0 radical (unpaired) electrons. The van der Waals surface area contributed by atoms with Crippen LogP contribution in [0, 0.1) is 0 Å². The lowest BCUT2D eigenvalue weighted by molar-refractivity contribution is -0.109. The summed E-state index contributed by atoms with van der Waals surface area (Å²) in [4.78, 5) is 10.6. The average molecular weight is 191 g/mol. The van der Waals surface area contributed by atoms with Gasteiger partial charge < -0.3 is 5.32 Å². The van der Waals surface area contributed by atoms with Crippen LogP contribution in [0.1, 0.15) is 27.2 Å². The molecule has 0 saturated carbocycles. The van der Waals surface area contributed by atoms with Gasteiger partial charge in [-0.25, -0.2) is 0 Å². The zero-order chi connectivity index (χ0) is 8.85. The van der Waals surface area contributed by atoms with Crippen molar-refractivity contribution in [2.24, 2.45) is 0 Å². The number of thioether (sulfide) groups is 1. The maximum Gasteiger partial charge on any atom is 0.192 e. The van der Waals surface area contributed by atoms with Gasteiger partial charge in [0.1, 0.15) is 4.32 Å². The Kier molecular flexibility index (Phi) is 5.50. The van der Waals surface area contributed by atoms with Crippen molar-refractivity contribution < 1.29 is 4.79 Å². The fourth-order valence-corrected chi connectivity index (χ4v) is 1.54. The molecule has 0 aromatic carbocycles. The second kappa shape index (κ2) is 5.55. The van der Waals surface area contributed by atoms with E-state index in [1.807, 2.05) is 6.92 Å². The lowest BCUT2D eigenvalue weighted by atomic mass is 10.3. The minimum absolute atomic E-state index is 0.0332.